The summed E-state index contributed by atoms with van der Waals surface area (Å²) in [6.07, 6.45) is 5.98. The van der Waals surface area contributed by atoms with Crippen LogP contribution in [0.2, 0.25) is 0 Å². The third-order valence-corrected chi connectivity index (χ3v) is 7.50. The second-order valence-electron chi connectivity index (χ2n) is 7.42. The van der Waals surface area contributed by atoms with Crippen LogP contribution in [0, 0.1) is 5.92 Å². The molecular formula is C22H25N3OS2. The van der Waals surface area contributed by atoms with E-state index in [1.165, 1.54) is 9.58 Å². The fourth-order valence-electron chi connectivity index (χ4n) is 3.77. The van der Waals surface area contributed by atoms with Crippen molar-refractivity contribution in [2.75, 3.05) is 20.6 Å². The molecule has 2 heterocycles. The maximum absolute atomic E-state index is 13.1. The van der Waals surface area contributed by atoms with Gasteiger partial charge in [0.25, 0.3) is 0 Å². The molecule has 3 unspecified atom stereocenters. The number of hydrogen-bond acceptors (Lipinski definition) is 5. The van der Waals surface area contributed by atoms with Crippen LogP contribution in [0.5, 0.6) is 0 Å². The molecule has 28 heavy (non-hydrogen) atoms. The van der Waals surface area contributed by atoms with Crippen molar-refractivity contribution in [3.05, 3.63) is 63.8 Å². The molecule has 146 valence electrons. The molecule has 6 heteroatoms. The van der Waals surface area contributed by atoms with Gasteiger partial charge < -0.3 is 10.2 Å². The average Bonchev–Trinajstić information content (AvgIpc) is 3.37. The van der Waals surface area contributed by atoms with E-state index in [0.29, 0.717) is 6.54 Å². The first-order chi connectivity index (χ1) is 13.6. The molecule has 3 aromatic rings. The number of thiophene rings is 1. The fraction of sp³-hybridized carbons (Fsp3) is 0.364. The van der Waals surface area contributed by atoms with E-state index in [9.17, 15) is 4.79 Å². The number of hydrogen-bond donors (Lipinski definition) is 1. The number of fused-ring (bicyclic) bond motifs is 1. The van der Waals surface area contributed by atoms with Crippen molar-refractivity contribution in [2.24, 2.45) is 5.92 Å². The van der Waals surface area contributed by atoms with Gasteiger partial charge in [0.2, 0.25) is 5.91 Å². The molecule has 0 spiro atoms. The zero-order valence-electron chi connectivity index (χ0n) is 16.2. The van der Waals surface area contributed by atoms with Gasteiger partial charge in [-0.2, -0.15) is 0 Å². The molecule has 3 atom stereocenters. The van der Waals surface area contributed by atoms with E-state index in [2.05, 4.69) is 60.0 Å². The van der Waals surface area contributed by atoms with Crippen LogP contribution >= 0.6 is 22.7 Å². The number of likely N-dealkylation sites (N-methyl/N-ethyl adjacent to an activating group) is 1. The molecule has 1 aliphatic carbocycles. The summed E-state index contributed by atoms with van der Waals surface area (Å²) < 4.78 is 1.19. The Morgan fingerprint density at radius 3 is 2.79 bits per heavy atom. The van der Waals surface area contributed by atoms with Gasteiger partial charge in [-0.25, -0.2) is 4.98 Å². The van der Waals surface area contributed by atoms with Crippen molar-refractivity contribution in [3.63, 3.8) is 0 Å². The van der Waals surface area contributed by atoms with Gasteiger partial charge in [-0.1, -0.05) is 30.4 Å². The molecule has 0 radical (unpaired) electrons. The Bertz CT molecular complexity index is 928. The maximum atomic E-state index is 13.1. The van der Waals surface area contributed by atoms with E-state index in [1.54, 1.807) is 22.7 Å². The minimum absolute atomic E-state index is 0.0586. The molecule has 1 amide bonds. The molecule has 0 bridgehead atoms. The van der Waals surface area contributed by atoms with E-state index in [-0.39, 0.29) is 23.8 Å². The number of allylic oxidation sites excluding steroid dienone is 2. The molecule has 2 aromatic heterocycles. The first-order valence-electron chi connectivity index (χ1n) is 9.61. The molecular weight excluding hydrogens is 386 g/mol. The molecule has 4 rings (SSSR count). The summed E-state index contributed by atoms with van der Waals surface area (Å²) in [6, 6.07) is 12.6. The predicted octanol–water partition coefficient (Wildman–Crippen LogP) is 4.83. The van der Waals surface area contributed by atoms with Gasteiger partial charge in [0, 0.05) is 17.3 Å². The highest BCUT2D eigenvalue weighted by atomic mass is 32.1. The second-order valence-corrected chi connectivity index (χ2v) is 9.46. The first kappa shape index (κ1) is 19.3. The van der Waals surface area contributed by atoms with Gasteiger partial charge >= 0.3 is 0 Å². The highest BCUT2D eigenvalue weighted by Gasteiger charge is 2.32. The van der Waals surface area contributed by atoms with Crippen molar-refractivity contribution in [3.8, 4) is 0 Å². The fourth-order valence-corrected chi connectivity index (χ4v) is 5.84. The SMILES string of the molecule is CN(C)C(CNC(=O)C1CC=CCC1c1nc2ccccc2s1)c1cccs1. The van der Waals surface area contributed by atoms with Crippen molar-refractivity contribution in [1.82, 2.24) is 15.2 Å². The highest BCUT2D eigenvalue weighted by molar-refractivity contribution is 7.18. The number of nitrogens with one attached hydrogen (secondary N) is 1. The monoisotopic (exact) mass is 411 g/mol. The number of para-hydroxylation sites is 1. The van der Waals surface area contributed by atoms with E-state index in [0.717, 1.165) is 23.4 Å². The van der Waals surface area contributed by atoms with Crippen LogP contribution in [0.25, 0.3) is 10.2 Å². The number of aromatic nitrogens is 1. The molecule has 0 saturated carbocycles. The Labute approximate surface area is 173 Å². The van der Waals surface area contributed by atoms with Crippen LogP contribution in [0.4, 0.5) is 0 Å². The van der Waals surface area contributed by atoms with Gasteiger partial charge in [-0.05, 0) is 50.5 Å². The summed E-state index contributed by atoms with van der Waals surface area (Å²) >= 11 is 3.45. The topological polar surface area (TPSA) is 45.2 Å². The Morgan fingerprint density at radius 2 is 2.04 bits per heavy atom. The number of rotatable bonds is 6. The standard InChI is InChI=1S/C22H25N3OS2/c1-25(2)18(20-12-7-13-27-20)14-23-21(26)15-8-3-4-9-16(15)22-24-17-10-5-6-11-19(17)28-22/h3-7,10-13,15-16,18H,8-9,14H2,1-2H3,(H,23,26). The largest absolute Gasteiger partial charge is 0.354 e. The zero-order valence-corrected chi connectivity index (χ0v) is 17.8. The van der Waals surface area contributed by atoms with Gasteiger partial charge in [0.15, 0.2) is 0 Å². The van der Waals surface area contributed by atoms with Crippen molar-refractivity contribution in [2.45, 2.75) is 24.8 Å². The van der Waals surface area contributed by atoms with E-state index >= 15 is 0 Å². The van der Waals surface area contributed by atoms with Gasteiger partial charge in [-0.3, -0.25) is 4.79 Å². The first-order valence-corrected chi connectivity index (χ1v) is 11.3. The lowest BCUT2D eigenvalue weighted by Crippen LogP contribution is -2.39. The summed E-state index contributed by atoms with van der Waals surface area (Å²) in [4.78, 5) is 21.4. The minimum Gasteiger partial charge on any atom is -0.354 e. The summed E-state index contributed by atoms with van der Waals surface area (Å²) in [7, 11) is 4.12. The number of carbonyl (C=O) groups excluding carboxylic acids is 1. The third kappa shape index (κ3) is 4.04. The smallest absolute Gasteiger partial charge is 0.224 e. The van der Waals surface area contributed by atoms with Crippen LogP contribution in [0.3, 0.4) is 0 Å². The lowest BCUT2D eigenvalue weighted by Gasteiger charge is -2.28. The highest BCUT2D eigenvalue weighted by Crippen LogP contribution is 2.38. The summed E-state index contributed by atoms with van der Waals surface area (Å²) in [5, 5.41) is 6.39. The van der Waals surface area contributed by atoms with E-state index < -0.39 is 0 Å². The Morgan fingerprint density at radius 1 is 1.21 bits per heavy atom. The zero-order chi connectivity index (χ0) is 19.5. The molecule has 0 fully saturated rings. The molecule has 1 aliphatic rings. The second kappa shape index (κ2) is 8.55. The minimum atomic E-state index is -0.0586. The average molecular weight is 412 g/mol. The van der Waals surface area contributed by atoms with Crippen molar-refractivity contribution < 1.29 is 4.79 Å². The number of nitrogens with zero attached hydrogens (tertiary/aromatic N) is 2. The van der Waals surface area contributed by atoms with Crippen molar-refractivity contribution in [1.29, 1.82) is 0 Å². The third-order valence-electron chi connectivity index (χ3n) is 5.36. The number of benzene rings is 1. The van der Waals surface area contributed by atoms with Crippen LogP contribution < -0.4 is 5.32 Å². The van der Waals surface area contributed by atoms with Gasteiger partial charge in [0.05, 0.1) is 27.2 Å². The number of carbonyl (C=O) groups is 1. The Balaban J connectivity index is 1.49. The van der Waals surface area contributed by atoms with Gasteiger partial charge in [-0.15, -0.1) is 22.7 Å². The molecule has 0 saturated heterocycles. The molecule has 0 aliphatic heterocycles. The Kier molecular flexibility index (Phi) is 5.90. The van der Waals surface area contributed by atoms with Crippen molar-refractivity contribution >= 4 is 38.8 Å². The van der Waals surface area contributed by atoms with Crippen LogP contribution in [0.1, 0.15) is 34.7 Å². The van der Waals surface area contributed by atoms with Crippen LogP contribution in [-0.2, 0) is 4.79 Å². The molecule has 1 aromatic carbocycles. The Hall–Kier alpha value is -2.02. The summed E-state index contributed by atoms with van der Waals surface area (Å²) in [5.74, 6) is 0.232. The van der Waals surface area contributed by atoms with Crippen LogP contribution in [0.15, 0.2) is 53.9 Å². The van der Waals surface area contributed by atoms with E-state index in [1.807, 2.05) is 18.2 Å². The maximum Gasteiger partial charge on any atom is 0.224 e. The van der Waals surface area contributed by atoms with E-state index in [4.69, 9.17) is 4.98 Å². The summed E-state index contributed by atoms with van der Waals surface area (Å²) in [5.41, 5.74) is 1.03. The van der Waals surface area contributed by atoms with Crippen LogP contribution in [-0.4, -0.2) is 36.4 Å². The molecule has 1 N–H and O–H groups in total. The lowest BCUT2D eigenvalue weighted by atomic mass is 9.82. The quantitative estimate of drug-likeness (QED) is 0.591. The normalized spacial score (nSPS) is 20.5. The predicted molar refractivity (Wildman–Crippen MR) is 118 cm³/mol. The van der Waals surface area contributed by atoms with Gasteiger partial charge in [0.1, 0.15) is 0 Å². The molecule has 4 nitrogen and oxygen atoms in total. The number of amides is 1. The lowest BCUT2D eigenvalue weighted by molar-refractivity contribution is -0.126. The summed E-state index contributed by atoms with van der Waals surface area (Å²) in [6.45, 7) is 0.624. The number of thiazole rings is 1.